The van der Waals surface area contributed by atoms with Crippen molar-refractivity contribution in [3.05, 3.63) is 17.5 Å². The number of anilines is 2. The van der Waals surface area contributed by atoms with Crippen LogP contribution in [0.4, 0.5) is 21.1 Å². The zero-order valence-corrected chi connectivity index (χ0v) is 14.3. The monoisotopic (exact) mass is 372 g/mol. The van der Waals surface area contributed by atoms with Crippen LogP contribution >= 0.6 is 0 Å². The third kappa shape index (κ3) is 2.94. The number of amides is 3. The lowest BCUT2D eigenvalue weighted by atomic mass is 10.2. The van der Waals surface area contributed by atoms with Gasteiger partial charge in [-0.25, -0.2) is 9.18 Å². The number of carbonyl (C=O) groups excluding carboxylic acids is 2. The Kier molecular flexibility index (Phi) is 3.49. The highest BCUT2D eigenvalue weighted by atomic mass is 19.1. The Morgan fingerprint density at radius 2 is 2.07 bits per heavy atom. The topological polar surface area (TPSA) is 117 Å². The van der Waals surface area contributed by atoms with Crippen LogP contribution in [-0.2, 0) is 4.79 Å². The predicted octanol–water partition coefficient (Wildman–Crippen LogP) is 0.427. The number of urea groups is 1. The van der Waals surface area contributed by atoms with E-state index in [0.29, 0.717) is 42.1 Å². The Hall–Kier alpha value is -3.24. The molecule has 0 unspecified atom stereocenters. The molecule has 1 aliphatic carbocycles. The fourth-order valence-electron chi connectivity index (χ4n) is 3.17. The molecule has 1 saturated carbocycles. The standard InChI is InChI=1S/C16H17FN8O2/c17-9-3-4-24(7-9)14-21-12-8(5-11-13(26)22-16(27)20-11)6-18-25(12)15(23-14)19-10-1-2-10/h5-6,9-10H,1-4,7H2,(H,19,21,23)(H2,20,22,26,27)/b11-5-/t9-/m0/s1. The van der Waals surface area contributed by atoms with Crippen molar-refractivity contribution in [3.8, 4) is 0 Å². The molecule has 2 aromatic heterocycles. The lowest BCUT2D eigenvalue weighted by Gasteiger charge is -2.17. The summed E-state index contributed by atoms with van der Waals surface area (Å²) in [7, 11) is 0. The van der Waals surface area contributed by atoms with Crippen LogP contribution in [0.25, 0.3) is 11.7 Å². The fourth-order valence-corrected chi connectivity index (χ4v) is 3.17. The number of nitrogens with one attached hydrogen (secondary N) is 3. The Labute approximate surface area is 152 Å². The molecular formula is C16H17FN8O2. The van der Waals surface area contributed by atoms with Crippen molar-refractivity contribution >= 4 is 35.6 Å². The lowest BCUT2D eigenvalue weighted by Crippen LogP contribution is -2.24. The van der Waals surface area contributed by atoms with Crippen LogP contribution in [0.15, 0.2) is 11.9 Å². The third-order valence-electron chi connectivity index (χ3n) is 4.73. The van der Waals surface area contributed by atoms with Gasteiger partial charge in [0.2, 0.25) is 11.9 Å². The second kappa shape index (κ2) is 5.89. The highest BCUT2D eigenvalue weighted by molar-refractivity contribution is 6.14. The summed E-state index contributed by atoms with van der Waals surface area (Å²) in [6, 6.07) is -0.227. The van der Waals surface area contributed by atoms with E-state index in [2.05, 4.69) is 31.0 Å². The Morgan fingerprint density at radius 1 is 1.22 bits per heavy atom. The van der Waals surface area contributed by atoms with Gasteiger partial charge < -0.3 is 15.5 Å². The molecule has 5 rings (SSSR count). The normalized spacial score (nSPS) is 24.0. The molecular weight excluding hydrogens is 355 g/mol. The molecule has 3 fully saturated rings. The highest BCUT2D eigenvalue weighted by Gasteiger charge is 2.28. The van der Waals surface area contributed by atoms with Gasteiger partial charge in [-0.3, -0.25) is 10.1 Å². The first kappa shape index (κ1) is 16.0. The number of imide groups is 1. The minimum Gasteiger partial charge on any atom is -0.351 e. The smallest absolute Gasteiger partial charge is 0.326 e. The van der Waals surface area contributed by atoms with Crippen LogP contribution in [-0.4, -0.2) is 56.8 Å². The molecule has 3 aliphatic rings. The Morgan fingerprint density at radius 3 is 2.74 bits per heavy atom. The Balaban J connectivity index is 1.59. The van der Waals surface area contributed by atoms with Crippen molar-refractivity contribution in [1.29, 1.82) is 0 Å². The van der Waals surface area contributed by atoms with Gasteiger partial charge >= 0.3 is 6.03 Å². The van der Waals surface area contributed by atoms with Gasteiger partial charge in [0, 0.05) is 18.2 Å². The van der Waals surface area contributed by atoms with Crippen LogP contribution in [0.3, 0.4) is 0 Å². The predicted molar refractivity (Wildman–Crippen MR) is 93.8 cm³/mol. The van der Waals surface area contributed by atoms with Crippen LogP contribution in [0.5, 0.6) is 0 Å². The first-order valence-corrected chi connectivity index (χ1v) is 8.82. The van der Waals surface area contributed by atoms with Crippen molar-refractivity contribution < 1.29 is 14.0 Å². The molecule has 11 heteroatoms. The van der Waals surface area contributed by atoms with Crippen LogP contribution in [0.2, 0.25) is 0 Å². The number of hydrogen-bond acceptors (Lipinski definition) is 7. The largest absolute Gasteiger partial charge is 0.351 e. The number of alkyl halides is 1. The first-order valence-electron chi connectivity index (χ1n) is 8.82. The van der Waals surface area contributed by atoms with Crippen molar-refractivity contribution in [2.24, 2.45) is 0 Å². The van der Waals surface area contributed by atoms with E-state index in [9.17, 15) is 14.0 Å². The summed E-state index contributed by atoms with van der Waals surface area (Å²) in [5.74, 6) is 0.444. The number of halogens is 1. The number of carbonyl (C=O) groups is 2. The van der Waals surface area contributed by atoms with Gasteiger partial charge in [-0.15, -0.1) is 0 Å². The number of nitrogens with zero attached hydrogens (tertiary/aromatic N) is 5. The maximum Gasteiger partial charge on any atom is 0.326 e. The van der Waals surface area contributed by atoms with E-state index < -0.39 is 18.1 Å². The van der Waals surface area contributed by atoms with E-state index in [4.69, 9.17) is 0 Å². The Bertz CT molecular complexity index is 982. The molecule has 140 valence electrons. The van der Waals surface area contributed by atoms with Gasteiger partial charge in [-0.2, -0.15) is 19.6 Å². The van der Waals surface area contributed by atoms with Crippen molar-refractivity contribution in [3.63, 3.8) is 0 Å². The molecule has 1 atom stereocenters. The average molecular weight is 372 g/mol. The van der Waals surface area contributed by atoms with Gasteiger partial charge in [0.25, 0.3) is 5.91 Å². The summed E-state index contributed by atoms with van der Waals surface area (Å²) in [5, 5.41) is 12.2. The van der Waals surface area contributed by atoms with E-state index in [1.165, 1.54) is 6.08 Å². The summed E-state index contributed by atoms with van der Waals surface area (Å²) in [6.45, 7) is 0.797. The molecule has 0 aromatic carbocycles. The van der Waals surface area contributed by atoms with Gasteiger partial charge in [0.1, 0.15) is 11.9 Å². The van der Waals surface area contributed by atoms with Gasteiger partial charge in [0.15, 0.2) is 5.65 Å². The molecule has 0 spiro atoms. The molecule has 2 saturated heterocycles. The van der Waals surface area contributed by atoms with Gasteiger partial charge in [-0.1, -0.05) is 0 Å². The second-order valence-corrected chi connectivity index (χ2v) is 6.90. The molecule has 10 nitrogen and oxygen atoms in total. The first-order chi connectivity index (χ1) is 13.1. The molecule has 3 amide bonds. The number of fused-ring (bicyclic) bond motifs is 1. The maximum absolute atomic E-state index is 13.6. The maximum atomic E-state index is 13.6. The van der Waals surface area contributed by atoms with E-state index in [-0.39, 0.29) is 12.2 Å². The average Bonchev–Trinajstić information content (AvgIpc) is 3.04. The molecule has 0 bridgehead atoms. The van der Waals surface area contributed by atoms with E-state index in [1.807, 2.05) is 0 Å². The van der Waals surface area contributed by atoms with Crippen LogP contribution < -0.4 is 20.9 Å². The number of rotatable bonds is 4. The van der Waals surface area contributed by atoms with E-state index in [0.717, 1.165) is 12.8 Å². The SMILES string of the molecule is O=C1NC(=O)/C(=C/c2cnn3c(NC4CC4)nc(N4CC[C@H](F)C4)nc23)N1. The summed E-state index contributed by atoms with van der Waals surface area (Å²) in [4.78, 5) is 34.0. The van der Waals surface area contributed by atoms with Crippen molar-refractivity contribution in [1.82, 2.24) is 30.2 Å². The minimum atomic E-state index is -0.895. The third-order valence-corrected chi connectivity index (χ3v) is 4.73. The molecule has 27 heavy (non-hydrogen) atoms. The molecule has 0 radical (unpaired) electrons. The van der Waals surface area contributed by atoms with Gasteiger partial charge in [0.05, 0.1) is 12.7 Å². The summed E-state index contributed by atoms with van der Waals surface area (Å²) in [6.07, 6.45) is 4.74. The molecule has 2 aliphatic heterocycles. The van der Waals surface area contributed by atoms with Gasteiger partial charge in [-0.05, 0) is 25.3 Å². The van der Waals surface area contributed by atoms with Crippen molar-refractivity contribution in [2.45, 2.75) is 31.5 Å². The number of hydrogen-bond donors (Lipinski definition) is 3. The number of aromatic nitrogens is 4. The molecule has 2 aromatic rings. The minimum absolute atomic E-state index is 0.122. The van der Waals surface area contributed by atoms with Crippen LogP contribution in [0.1, 0.15) is 24.8 Å². The summed E-state index contributed by atoms with van der Waals surface area (Å²) < 4.78 is 15.2. The fraction of sp³-hybridized carbons (Fsp3) is 0.438. The quantitative estimate of drug-likeness (QED) is 0.526. The molecule has 4 heterocycles. The zero-order chi connectivity index (χ0) is 18.5. The van der Waals surface area contributed by atoms with Crippen LogP contribution in [0, 0.1) is 0 Å². The zero-order valence-electron chi connectivity index (χ0n) is 14.3. The highest BCUT2D eigenvalue weighted by Crippen LogP contribution is 2.27. The molecule has 3 N–H and O–H groups in total. The van der Waals surface area contributed by atoms with E-state index in [1.54, 1.807) is 15.6 Å². The lowest BCUT2D eigenvalue weighted by molar-refractivity contribution is -0.115. The summed E-state index contributed by atoms with van der Waals surface area (Å²) >= 11 is 0. The van der Waals surface area contributed by atoms with E-state index >= 15 is 0 Å². The van der Waals surface area contributed by atoms with Crippen molar-refractivity contribution in [2.75, 3.05) is 23.3 Å². The second-order valence-electron chi connectivity index (χ2n) is 6.90. The summed E-state index contributed by atoms with van der Waals surface area (Å²) in [5.41, 5.74) is 1.16.